The van der Waals surface area contributed by atoms with Crippen molar-refractivity contribution in [2.45, 2.75) is 25.9 Å². The molecule has 1 heterocycles. The zero-order chi connectivity index (χ0) is 14.8. The van der Waals surface area contributed by atoms with E-state index >= 15 is 0 Å². The third-order valence-corrected chi connectivity index (χ3v) is 3.45. The second-order valence-corrected chi connectivity index (χ2v) is 5.25. The minimum atomic E-state index is -0.569. The number of carbonyl (C=O) groups excluding carboxylic acids is 2. The maximum absolute atomic E-state index is 12.0. The summed E-state index contributed by atoms with van der Waals surface area (Å²) in [6, 6.07) is 0. The predicted octanol–water partition coefficient (Wildman–Crippen LogP) is 1.27. The maximum Gasteiger partial charge on any atom is 0.280 e. The molecule has 21 heavy (non-hydrogen) atoms. The molecule has 3 aliphatic rings. The normalized spacial score (nSPS) is 23.7. The number of allylic oxidation sites excluding steroid dienone is 3. The third-order valence-electron chi connectivity index (χ3n) is 3.45. The van der Waals surface area contributed by atoms with Gasteiger partial charge in [0.2, 0.25) is 0 Å². The fourth-order valence-electron chi connectivity index (χ4n) is 1.94. The topological polar surface area (TPSA) is 80.4 Å². The largest absolute Gasteiger partial charge is 0.368 e. The molecular weight excluding hydrogens is 270 g/mol. The lowest BCUT2D eigenvalue weighted by Gasteiger charge is -2.12. The summed E-state index contributed by atoms with van der Waals surface area (Å²) in [6.07, 6.45) is 7.84. The summed E-state index contributed by atoms with van der Waals surface area (Å²) >= 11 is 0. The number of carbonyl (C=O) groups is 2. The fraction of sp³-hybridized carbons (Fsp3) is 0.400. The number of hydrogen-bond acceptors (Lipinski definition) is 4. The summed E-state index contributed by atoms with van der Waals surface area (Å²) in [4.78, 5) is 35.2. The van der Waals surface area contributed by atoms with Crippen molar-refractivity contribution < 1.29 is 14.3 Å². The van der Waals surface area contributed by atoms with Crippen LogP contribution >= 0.6 is 0 Å². The van der Waals surface area contributed by atoms with Crippen molar-refractivity contribution in [1.29, 1.82) is 0 Å². The maximum atomic E-state index is 12.0. The molecule has 1 fully saturated rings. The van der Waals surface area contributed by atoms with Crippen LogP contribution in [0.5, 0.6) is 0 Å². The minimum Gasteiger partial charge on any atom is -0.368 e. The predicted molar refractivity (Wildman–Crippen MR) is 78.7 cm³/mol. The van der Waals surface area contributed by atoms with Crippen molar-refractivity contribution in [3.63, 3.8) is 0 Å². The first kappa shape index (κ1) is 13.8. The summed E-state index contributed by atoms with van der Waals surface area (Å²) in [5, 5.41) is 0. The van der Waals surface area contributed by atoms with Gasteiger partial charge >= 0.3 is 0 Å². The van der Waals surface area contributed by atoms with Crippen LogP contribution in [0.25, 0.3) is 0 Å². The number of nitrogens with zero attached hydrogens (tertiary/aromatic N) is 3. The van der Waals surface area contributed by atoms with Crippen LogP contribution in [0.1, 0.15) is 19.8 Å². The molecule has 2 aliphatic carbocycles. The molecule has 1 unspecified atom stereocenters. The second kappa shape index (κ2) is 5.65. The van der Waals surface area contributed by atoms with Crippen molar-refractivity contribution in [1.82, 2.24) is 0 Å². The molecule has 0 aromatic heterocycles. The van der Waals surface area contributed by atoms with E-state index in [1.807, 2.05) is 0 Å². The van der Waals surface area contributed by atoms with Gasteiger partial charge in [0.1, 0.15) is 12.4 Å². The van der Waals surface area contributed by atoms with Gasteiger partial charge in [0.15, 0.2) is 0 Å². The van der Waals surface area contributed by atoms with Gasteiger partial charge < -0.3 is 4.74 Å². The molecule has 0 aromatic rings. The first-order valence-corrected chi connectivity index (χ1v) is 6.92. The molecule has 0 N–H and O–H groups in total. The molecule has 1 saturated carbocycles. The Morgan fingerprint density at radius 1 is 1.48 bits per heavy atom. The Labute approximate surface area is 122 Å². The standard InChI is InChI=1S/C15H15N3O3/c1-9(21-7-10-2-3-10)14(19)18-11-4-5-13-12(6-11)15(20)17-8-16-13/h4-6,8-10H,2-3,7H2,1H3. The van der Waals surface area contributed by atoms with Crippen molar-refractivity contribution in [2.75, 3.05) is 6.61 Å². The Hall–Kier alpha value is -2.21. The Bertz CT molecular complexity index is 637. The van der Waals surface area contributed by atoms with Gasteiger partial charge in [-0.2, -0.15) is 4.99 Å². The Morgan fingerprint density at radius 2 is 2.29 bits per heavy atom. The highest BCUT2D eigenvalue weighted by Crippen LogP contribution is 2.29. The van der Waals surface area contributed by atoms with Gasteiger partial charge in [-0.3, -0.25) is 9.59 Å². The first-order chi connectivity index (χ1) is 10.1. The number of ether oxygens (including phenoxy) is 1. The van der Waals surface area contributed by atoms with Gasteiger partial charge in [-0.15, -0.1) is 0 Å². The van der Waals surface area contributed by atoms with Gasteiger partial charge in [0, 0.05) is 0 Å². The zero-order valence-corrected chi connectivity index (χ0v) is 11.7. The molecule has 0 radical (unpaired) electrons. The van der Waals surface area contributed by atoms with E-state index in [4.69, 9.17) is 4.74 Å². The van der Waals surface area contributed by atoms with E-state index in [0.717, 1.165) is 0 Å². The van der Waals surface area contributed by atoms with Crippen molar-refractivity contribution in [3.05, 3.63) is 23.8 Å². The Morgan fingerprint density at radius 3 is 3.05 bits per heavy atom. The smallest absolute Gasteiger partial charge is 0.280 e. The van der Waals surface area contributed by atoms with Crippen LogP contribution in [-0.2, 0) is 14.3 Å². The molecule has 1 atom stereocenters. The molecule has 0 aromatic carbocycles. The van der Waals surface area contributed by atoms with Gasteiger partial charge in [-0.25, -0.2) is 9.98 Å². The van der Waals surface area contributed by atoms with Crippen molar-refractivity contribution in [3.8, 4) is 0 Å². The third kappa shape index (κ3) is 3.28. The Kier molecular flexibility index (Phi) is 3.70. The van der Waals surface area contributed by atoms with Crippen LogP contribution < -0.4 is 0 Å². The van der Waals surface area contributed by atoms with Crippen LogP contribution in [-0.4, -0.2) is 42.3 Å². The lowest BCUT2D eigenvalue weighted by atomic mass is 10.0. The lowest BCUT2D eigenvalue weighted by Crippen LogP contribution is -2.22. The van der Waals surface area contributed by atoms with Crippen LogP contribution in [0, 0.1) is 5.92 Å². The van der Waals surface area contributed by atoms with E-state index in [2.05, 4.69) is 15.0 Å². The highest BCUT2D eigenvalue weighted by atomic mass is 16.5. The average Bonchev–Trinajstić information content (AvgIpc) is 3.30. The summed E-state index contributed by atoms with van der Waals surface area (Å²) < 4.78 is 5.48. The van der Waals surface area contributed by atoms with E-state index in [0.29, 0.717) is 29.5 Å². The highest BCUT2D eigenvalue weighted by molar-refractivity contribution is 6.36. The number of amides is 2. The van der Waals surface area contributed by atoms with Crippen LogP contribution in [0.4, 0.5) is 0 Å². The van der Waals surface area contributed by atoms with Crippen LogP contribution in [0.15, 0.2) is 38.8 Å². The van der Waals surface area contributed by atoms with Gasteiger partial charge in [0.05, 0.1) is 23.6 Å². The summed E-state index contributed by atoms with van der Waals surface area (Å²) in [6.45, 7) is 2.30. The van der Waals surface area contributed by atoms with E-state index in [-0.39, 0.29) is 11.8 Å². The van der Waals surface area contributed by atoms with Crippen LogP contribution in [0.2, 0.25) is 0 Å². The van der Waals surface area contributed by atoms with E-state index in [9.17, 15) is 9.59 Å². The second-order valence-electron chi connectivity index (χ2n) is 5.25. The van der Waals surface area contributed by atoms with Gasteiger partial charge in [-0.05, 0) is 43.9 Å². The summed E-state index contributed by atoms with van der Waals surface area (Å²) in [5.74, 6) is -0.122. The average molecular weight is 285 g/mol. The van der Waals surface area contributed by atoms with Crippen molar-refractivity contribution in [2.24, 2.45) is 20.9 Å². The lowest BCUT2D eigenvalue weighted by molar-refractivity contribution is -0.128. The molecule has 0 saturated heterocycles. The minimum absolute atomic E-state index is 0.348. The van der Waals surface area contributed by atoms with Crippen molar-refractivity contribution >= 4 is 29.6 Å². The molecule has 1 aliphatic heterocycles. The molecule has 6 nitrogen and oxygen atoms in total. The molecular formula is C15H15N3O3. The molecule has 2 amide bonds. The quantitative estimate of drug-likeness (QED) is 0.730. The van der Waals surface area contributed by atoms with Crippen LogP contribution in [0.3, 0.4) is 0 Å². The Balaban J connectivity index is 1.68. The SMILES string of the molecule is CC(OCC1CC1)C(=O)N=C1C=CC2=NC=NC(=O)C2=C1. The molecule has 0 bridgehead atoms. The zero-order valence-electron chi connectivity index (χ0n) is 11.7. The molecule has 0 spiro atoms. The number of rotatable bonds is 4. The summed E-state index contributed by atoms with van der Waals surface area (Å²) in [7, 11) is 0. The van der Waals surface area contributed by atoms with Gasteiger partial charge in [0.25, 0.3) is 11.8 Å². The monoisotopic (exact) mass is 285 g/mol. The first-order valence-electron chi connectivity index (χ1n) is 6.92. The molecule has 6 heteroatoms. The van der Waals surface area contributed by atoms with Gasteiger partial charge in [-0.1, -0.05) is 0 Å². The highest BCUT2D eigenvalue weighted by Gasteiger charge is 2.24. The molecule has 108 valence electrons. The number of fused-ring (bicyclic) bond motifs is 1. The summed E-state index contributed by atoms with van der Waals surface area (Å²) in [5.41, 5.74) is 1.32. The fourth-order valence-corrected chi connectivity index (χ4v) is 1.94. The van der Waals surface area contributed by atoms with E-state index < -0.39 is 6.10 Å². The number of hydrogen-bond donors (Lipinski definition) is 0. The van der Waals surface area contributed by atoms with E-state index in [1.165, 1.54) is 25.3 Å². The molecule has 3 rings (SSSR count). The van der Waals surface area contributed by atoms with E-state index in [1.54, 1.807) is 19.1 Å². The number of aliphatic imine (C=N–C) groups is 3.